The molecule has 1 aromatic heterocycles. The van der Waals surface area contributed by atoms with Crippen molar-refractivity contribution in [2.45, 2.75) is 19.4 Å². The molecule has 8 heteroatoms. The van der Waals surface area contributed by atoms with Gasteiger partial charge in [-0.2, -0.15) is 0 Å². The van der Waals surface area contributed by atoms with E-state index < -0.39 is 0 Å². The number of aromatic nitrogens is 2. The van der Waals surface area contributed by atoms with Crippen molar-refractivity contribution >= 4 is 11.7 Å². The number of carbonyl (C=O) groups is 1. The molecule has 2 heterocycles. The predicted octanol–water partition coefficient (Wildman–Crippen LogP) is 3.10. The number of urea groups is 1. The van der Waals surface area contributed by atoms with Crippen LogP contribution in [0.25, 0.3) is 0 Å². The Morgan fingerprint density at radius 1 is 1.23 bits per heavy atom. The minimum atomic E-state index is -0.334. The normalized spacial score (nSPS) is 12.9. The third-order valence-corrected chi connectivity index (χ3v) is 5.06. The number of carbonyl (C=O) groups excluding carboxylic acids is 1. The van der Waals surface area contributed by atoms with Crippen molar-refractivity contribution < 1.29 is 13.9 Å². The number of nitrogens with one attached hydrogen (secondary N) is 2. The molecule has 30 heavy (non-hydrogen) atoms. The van der Waals surface area contributed by atoms with E-state index in [2.05, 4.69) is 15.3 Å². The van der Waals surface area contributed by atoms with Crippen molar-refractivity contribution in [2.24, 2.45) is 0 Å². The fourth-order valence-electron chi connectivity index (χ4n) is 3.43. The number of rotatable bonds is 4. The van der Waals surface area contributed by atoms with E-state index in [4.69, 9.17) is 4.74 Å². The van der Waals surface area contributed by atoms with Gasteiger partial charge in [0.1, 0.15) is 17.4 Å². The smallest absolute Gasteiger partial charge is 0.322 e. The van der Waals surface area contributed by atoms with Crippen molar-refractivity contribution in [3.63, 3.8) is 0 Å². The van der Waals surface area contributed by atoms with Gasteiger partial charge in [-0.05, 0) is 35.9 Å². The Morgan fingerprint density at radius 3 is 2.73 bits per heavy atom. The Labute approximate surface area is 172 Å². The van der Waals surface area contributed by atoms with E-state index in [1.165, 1.54) is 6.07 Å². The van der Waals surface area contributed by atoms with Gasteiger partial charge in [0.05, 0.1) is 24.9 Å². The lowest BCUT2D eigenvalue weighted by molar-refractivity contribution is 0.205. The van der Waals surface area contributed by atoms with Crippen molar-refractivity contribution in [3.05, 3.63) is 87.3 Å². The van der Waals surface area contributed by atoms with E-state index in [9.17, 15) is 14.0 Å². The van der Waals surface area contributed by atoms with Crippen molar-refractivity contribution in [1.29, 1.82) is 0 Å². The molecule has 3 aromatic rings. The topological polar surface area (TPSA) is 87.3 Å². The Morgan fingerprint density at radius 2 is 2.00 bits per heavy atom. The Bertz CT molecular complexity index is 1130. The molecule has 0 spiro atoms. The highest BCUT2D eigenvalue weighted by atomic mass is 19.1. The summed E-state index contributed by atoms with van der Waals surface area (Å²) in [5.41, 5.74) is 1.92. The standard InChI is InChI=1S/C22H21FN4O3/c1-30-16-8-6-15(7-9-16)24-22(29)27-11-10-19-17(13-27)21(28)26-20(25-19)12-14-4-2-3-5-18(14)23/h2-9H,10-13H2,1H3,(H,24,29)(H,25,26,28). The Hall–Kier alpha value is -3.68. The third kappa shape index (κ3) is 4.17. The van der Waals surface area contributed by atoms with Crippen LogP contribution in [0.4, 0.5) is 14.9 Å². The number of fused-ring (bicyclic) bond motifs is 1. The van der Waals surface area contributed by atoms with Gasteiger partial charge < -0.3 is 19.9 Å². The lowest BCUT2D eigenvalue weighted by atomic mass is 10.1. The second-order valence-electron chi connectivity index (χ2n) is 7.04. The Kier molecular flexibility index (Phi) is 5.47. The average molecular weight is 408 g/mol. The van der Waals surface area contributed by atoms with Gasteiger partial charge in [-0.15, -0.1) is 0 Å². The molecular formula is C22H21FN4O3. The molecule has 154 valence electrons. The van der Waals surface area contributed by atoms with Crippen LogP contribution < -0.4 is 15.6 Å². The second kappa shape index (κ2) is 8.36. The SMILES string of the molecule is COc1ccc(NC(=O)N2CCc3nc(Cc4ccccc4F)[nH]c(=O)c3C2)cc1. The van der Waals surface area contributed by atoms with Crippen LogP contribution in [0, 0.1) is 5.82 Å². The molecule has 2 N–H and O–H groups in total. The zero-order chi connectivity index (χ0) is 21.1. The van der Waals surface area contributed by atoms with Crippen molar-refractivity contribution in [2.75, 3.05) is 19.0 Å². The molecule has 7 nitrogen and oxygen atoms in total. The van der Waals surface area contributed by atoms with Crippen LogP contribution in [0.3, 0.4) is 0 Å². The van der Waals surface area contributed by atoms with Crippen LogP contribution in [0.1, 0.15) is 22.6 Å². The fourth-order valence-corrected chi connectivity index (χ4v) is 3.43. The first-order chi connectivity index (χ1) is 14.5. The third-order valence-electron chi connectivity index (χ3n) is 5.06. The van der Waals surface area contributed by atoms with E-state index in [-0.39, 0.29) is 30.4 Å². The number of amides is 2. The molecule has 1 aliphatic rings. The molecular weight excluding hydrogens is 387 g/mol. The molecule has 0 radical (unpaired) electrons. The molecule has 0 aliphatic carbocycles. The summed E-state index contributed by atoms with van der Waals surface area (Å²) in [6, 6.07) is 13.1. The molecule has 0 unspecified atom stereocenters. The van der Waals surface area contributed by atoms with Crippen LogP contribution in [0.5, 0.6) is 5.75 Å². The number of hydrogen-bond donors (Lipinski definition) is 2. The maximum Gasteiger partial charge on any atom is 0.322 e. The minimum Gasteiger partial charge on any atom is -0.497 e. The largest absolute Gasteiger partial charge is 0.497 e. The predicted molar refractivity (Wildman–Crippen MR) is 110 cm³/mol. The number of methoxy groups -OCH3 is 1. The van der Waals surface area contributed by atoms with E-state index in [0.29, 0.717) is 47.0 Å². The molecule has 2 amide bonds. The number of anilines is 1. The van der Waals surface area contributed by atoms with Gasteiger partial charge in [0.25, 0.3) is 5.56 Å². The summed E-state index contributed by atoms with van der Waals surface area (Å²) in [5.74, 6) is 0.780. The number of nitrogens with zero attached hydrogens (tertiary/aromatic N) is 2. The highest BCUT2D eigenvalue weighted by Gasteiger charge is 2.24. The van der Waals surface area contributed by atoms with Gasteiger partial charge in [0.15, 0.2) is 0 Å². The summed E-state index contributed by atoms with van der Waals surface area (Å²) < 4.78 is 19.0. The van der Waals surface area contributed by atoms with E-state index in [0.717, 1.165) is 0 Å². The summed E-state index contributed by atoms with van der Waals surface area (Å²) >= 11 is 0. The van der Waals surface area contributed by atoms with Gasteiger partial charge in [0, 0.05) is 25.1 Å². The molecule has 4 rings (SSSR count). The summed E-state index contributed by atoms with van der Waals surface area (Å²) in [4.78, 5) is 34.0. The van der Waals surface area contributed by atoms with Crippen LogP contribution in [0.2, 0.25) is 0 Å². The second-order valence-corrected chi connectivity index (χ2v) is 7.04. The monoisotopic (exact) mass is 408 g/mol. The van der Waals surface area contributed by atoms with Gasteiger partial charge in [0.2, 0.25) is 0 Å². The number of halogens is 1. The first kappa shape index (κ1) is 19.6. The van der Waals surface area contributed by atoms with Gasteiger partial charge in [-0.1, -0.05) is 18.2 Å². The highest BCUT2D eigenvalue weighted by molar-refractivity contribution is 5.89. The Balaban J connectivity index is 1.47. The lowest BCUT2D eigenvalue weighted by Gasteiger charge is -2.28. The van der Waals surface area contributed by atoms with E-state index >= 15 is 0 Å². The van der Waals surface area contributed by atoms with Gasteiger partial charge in [-0.3, -0.25) is 4.79 Å². The summed E-state index contributed by atoms with van der Waals surface area (Å²) in [6.45, 7) is 0.601. The van der Waals surface area contributed by atoms with E-state index in [1.54, 1.807) is 54.5 Å². The number of ether oxygens (including phenoxy) is 1. The summed E-state index contributed by atoms with van der Waals surface area (Å²) in [6.07, 6.45) is 0.663. The molecule has 0 atom stereocenters. The highest BCUT2D eigenvalue weighted by Crippen LogP contribution is 2.19. The number of hydrogen-bond acceptors (Lipinski definition) is 4. The van der Waals surface area contributed by atoms with Crippen LogP contribution in [-0.4, -0.2) is 34.6 Å². The molecule has 0 fully saturated rings. The molecule has 0 saturated heterocycles. The number of H-pyrrole nitrogens is 1. The summed E-state index contributed by atoms with van der Waals surface area (Å²) in [7, 11) is 1.58. The van der Waals surface area contributed by atoms with Crippen molar-refractivity contribution in [1.82, 2.24) is 14.9 Å². The zero-order valence-corrected chi connectivity index (χ0v) is 16.4. The van der Waals surface area contributed by atoms with Crippen molar-refractivity contribution in [3.8, 4) is 5.75 Å². The molecule has 1 aliphatic heterocycles. The first-order valence-corrected chi connectivity index (χ1v) is 9.58. The quantitative estimate of drug-likeness (QED) is 0.695. The van der Waals surface area contributed by atoms with Crippen LogP contribution >= 0.6 is 0 Å². The lowest BCUT2D eigenvalue weighted by Crippen LogP contribution is -2.42. The molecule has 2 aromatic carbocycles. The first-order valence-electron chi connectivity index (χ1n) is 9.58. The van der Waals surface area contributed by atoms with Crippen LogP contribution in [0.15, 0.2) is 53.3 Å². The number of benzene rings is 2. The fraction of sp³-hybridized carbons (Fsp3) is 0.227. The maximum absolute atomic E-state index is 13.9. The van der Waals surface area contributed by atoms with Gasteiger partial charge >= 0.3 is 6.03 Å². The molecule has 0 bridgehead atoms. The minimum absolute atomic E-state index is 0.166. The van der Waals surface area contributed by atoms with Gasteiger partial charge in [-0.25, -0.2) is 14.2 Å². The summed E-state index contributed by atoms with van der Waals surface area (Å²) in [5, 5.41) is 2.82. The number of aromatic amines is 1. The van der Waals surface area contributed by atoms with Crippen LogP contribution in [-0.2, 0) is 19.4 Å². The van der Waals surface area contributed by atoms with E-state index in [1.807, 2.05) is 0 Å². The maximum atomic E-state index is 13.9. The molecule has 0 saturated carbocycles. The average Bonchev–Trinajstić information content (AvgIpc) is 2.76. The zero-order valence-electron chi connectivity index (χ0n) is 16.4.